The van der Waals surface area contributed by atoms with Crippen LogP contribution < -0.4 is 0 Å². The number of methoxy groups -OCH3 is 1. The molecular formula is C25H30N4O3S. The predicted octanol–water partition coefficient (Wildman–Crippen LogP) is 5.02. The Labute approximate surface area is 198 Å². The second-order valence-corrected chi connectivity index (χ2v) is 10.6. The van der Waals surface area contributed by atoms with Gasteiger partial charge in [0, 0.05) is 23.1 Å². The van der Waals surface area contributed by atoms with Crippen molar-refractivity contribution in [2.45, 2.75) is 66.2 Å². The van der Waals surface area contributed by atoms with Gasteiger partial charge in [0.05, 0.1) is 12.1 Å². The number of esters is 1. The normalized spacial score (nSPS) is 15.5. The maximum atomic E-state index is 12.8. The van der Waals surface area contributed by atoms with E-state index in [1.165, 1.54) is 10.4 Å². The third-order valence-electron chi connectivity index (χ3n) is 5.52. The Hall–Kier alpha value is -2.84. The molecule has 0 amide bonds. The van der Waals surface area contributed by atoms with E-state index >= 15 is 0 Å². The summed E-state index contributed by atoms with van der Waals surface area (Å²) in [5, 5.41) is 9.86. The zero-order valence-corrected chi connectivity index (χ0v) is 21.0. The Morgan fingerprint density at radius 1 is 1.12 bits per heavy atom. The first-order valence-corrected chi connectivity index (χ1v) is 11.8. The number of hydrogen-bond donors (Lipinski definition) is 0. The van der Waals surface area contributed by atoms with Crippen LogP contribution in [0.15, 0.2) is 29.3 Å². The lowest BCUT2D eigenvalue weighted by Gasteiger charge is -2.21. The molecule has 7 nitrogen and oxygen atoms in total. The second kappa shape index (κ2) is 8.83. The third kappa shape index (κ3) is 4.63. The van der Waals surface area contributed by atoms with Crippen LogP contribution in [0.25, 0.3) is 5.00 Å². The summed E-state index contributed by atoms with van der Waals surface area (Å²) in [7, 11) is 1.64. The third-order valence-corrected chi connectivity index (χ3v) is 6.72. The van der Waals surface area contributed by atoms with Gasteiger partial charge in [0.2, 0.25) is 0 Å². The largest absolute Gasteiger partial charge is 0.460 e. The van der Waals surface area contributed by atoms with Gasteiger partial charge in [-0.3, -0.25) is 14.4 Å². The number of nitrogens with zero attached hydrogens (tertiary/aromatic N) is 4. The highest BCUT2D eigenvalue weighted by Crippen LogP contribution is 2.39. The van der Waals surface area contributed by atoms with Crippen molar-refractivity contribution in [1.82, 2.24) is 14.8 Å². The molecular weight excluding hydrogens is 436 g/mol. The second-order valence-electron chi connectivity index (χ2n) is 9.36. The highest BCUT2D eigenvalue weighted by atomic mass is 32.1. The van der Waals surface area contributed by atoms with Crippen molar-refractivity contribution in [3.63, 3.8) is 0 Å². The molecule has 174 valence electrons. The van der Waals surface area contributed by atoms with Crippen LogP contribution in [0.3, 0.4) is 0 Å². The molecule has 0 aliphatic carbocycles. The molecule has 0 bridgehead atoms. The molecule has 2 aromatic heterocycles. The number of thiophene rings is 1. The van der Waals surface area contributed by atoms with Crippen LogP contribution in [0, 0.1) is 20.8 Å². The maximum Gasteiger partial charge on any atom is 0.308 e. The standard InChI is InChI=1S/C25H30N4O3S/c1-14-8-10-17(11-9-14)22-21-15(2)16(3)33-24(21)29-19(13-31-7)27-28-23(29)18(26-22)12-20(30)32-25(4,5)6/h8-11,18H,12-13H2,1-7H3/t18-/m0/s1. The quantitative estimate of drug-likeness (QED) is 0.493. The molecule has 33 heavy (non-hydrogen) atoms. The Morgan fingerprint density at radius 3 is 2.45 bits per heavy atom. The first-order chi connectivity index (χ1) is 15.6. The van der Waals surface area contributed by atoms with Crippen molar-refractivity contribution in [2.75, 3.05) is 7.11 Å². The van der Waals surface area contributed by atoms with Crippen molar-refractivity contribution in [3.05, 3.63) is 63.0 Å². The van der Waals surface area contributed by atoms with E-state index in [-0.39, 0.29) is 12.4 Å². The van der Waals surface area contributed by atoms with Gasteiger partial charge in [-0.05, 0) is 47.1 Å². The molecule has 8 heteroatoms. The highest BCUT2D eigenvalue weighted by Gasteiger charge is 2.34. The molecule has 0 saturated carbocycles. The monoisotopic (exact) mass is 466 g/mol. The maximum absolute atomic E-state index is 12.8. The van der Waals surface area contributed by atoms with Gasteiger partial charge >= 0.3 is 5.97 Å². The molecule has 3 heterocycles. The number of fused-ring (bicyclic) bond motifs is 3. The van der Waals surface area contributed by atoms with Crippen LogP contribution in [-0.4, -0.2) is 39.2 Å². The minimum absolute atomic E-state index is 0.0741. The zero-order chi connectivity index (χ0) is 23.9. The van der Waals surface area contributed by atoms with Crippen LogP contribution in [0.2, 0.25) is 0 Å². The van der Waals surface area contributed by atoms with E-state index in [0.29, 0.717) is 18.3 Å². The molecule has 0 spiro atoms. The van der Waals surface area contributed by atoms with E-state index in [0.717, 1.165) is 27.4 Å². The molecule has 1 aliphatic rings. The number of ether oxygens (including phenoxy) is 2. The fourth-order valence-corrected chi connectivity index (χ4v) is 5.11. The van der Waals surface area contributed by atoms with E-state index in [1.54, 1.807) is 18.4 Å². The van der Waals surface area contributed by atoms with Crippen LogP contribution in [0.4, 0.5) is 0 Å². The first-order valence-electron chi connectivity index (χ1n) is 11.0. The number of carbonyl (C=O) groups is 1. The van der Waals surface area contributed by atoms with E-state index in [4.69, 9.17) is 14.5 Å². The average Bonchev–Trinajstić information content (AvgIpc) is 3.22. The van der Waals surface area contributed by atoms with Gasteiger partial charge in [-0.25, -0.2) is 0 Å². The van der Waals surface area contributed by atoms with Gasteiger partial charge in [-0.1, -0.05) is 29.8 Å². The van der Waals surface area contributed by atoms with Crippen LogP contribution >= 0.6 is 11.3 Å². The Morgan fingerprint density at radius 2 is 1.82 bits per heavy atom. The van der Waals surface area contributed by atoms with Crippen LogP contribution in [0.1, 0.15) is 72.0 Å². The number of carbonyl (C=O) groups excluding carboxylic acids is 1. The van der Waals surface area contributed by atoms with E-state index < -0.39 is 11.6 Å². The van der Waals surface area contributed by atoms with Gasteiger partial charge in [0.1, 0.15) is 23.3 Å². The summed E-state index contributed by atoms with van der Waals surface area (Å²) in [5.41, 5.74) is 4.67. The summed E-state index contributed by atoms with van der Waals surface area (Å²) < 4.78 is 13.0. The minimum atomic E-state index is -0.577. The molecule has 4 rings (SSSR count). The summed E-state index contributed by atoms with van der Waals surface area (Å²) in [4.78, 5) is 19.2. The van der Waals surface area contributed by atoms with Gasteiger partial charge in [-0.2, -0.15) is 0 Å². The zero-order valence-electron chi connectivity index (χ0n) is 20.2. The van der Waals surface area contributed by atoms with Gasteiger partial charge in [0.15, 0.2) is 11.6 Å². The Kier molecular flexibility index (Phi) is 6.24. The van der Waals surface area contributed by atoms with Crippen molar-refractivity contribution in [3.8, 4) is 5.00 Å². The van der Waals surface area contributed by atoms with Gasteiger partial charge in [-0.15, -0.1) is 21.5 Å². The van der Waals surface area contributed by atoms with Crippen molar-refractivity contribution >= 4 is 23.0 Å². The number of aliphatic imine (C=N–C) groups is 1. The van der Waals surface area contributed by atoms with Crippen molar-refractivity contribution < 1.29 is 14.3 Å². The van der Waals surface area contributed by atoms with Gasteiger partial charge in [0.25, 0.3) is 0 Å². The molecule has 0 unspecified atom stereocenters. The minimum Gasteiger partial charge on any atom is -0.460 e. The predicted molar refractivity (Wildman–Crippen MR) is 129 cm³/mol. The number of aryl methyl sites for hydroxylation is 2. The number of aromatic nitrogens is 3. The van der Waals surface area contributed by atoms with Crippen molar-refractivity contribution in [1.29, 1.82) is 0 Å². The number of rotatable bonds is 5. The fourth-order valence-electron chi connectivity index (χ4n) is 3.92. The lowest BCUT2D eigenvalue weighted by molar-refractivity contribution is -0.155. The molecule has 0 saturated heterocycles. The molecule has 3 aromatic rings. The highest BCUT2D eigenvalue weighted by molar-refractivity contribution is 7.15. The SMILES string of the molecule is COCc1nnc2n1-c1sc(C)c(C)c1C(c1ccc(C)cc1)=N[C@H]2CC(=O)OC(C)(C)C. The Balaban J connectivity index is 1.93. The number of benzene rings is 1. The number of hydrogen-bond acceptors (Lipinski definition) is 7. The summed E-state index contributed by atoms with van der Waals surface area (Å²) in [6, 6.07) is 7.79. The van der Waals surface area contributed by atoms with Gasteiger partial charge < -0.3 is 9.47 Å². The van der Waals surface area contributed by atoms with Crippen LogP contribution in [-0.2, 0) is 20.9 Å². The lowest BCUT2D eigenvalue weighted by atomic mass is 9.99. The van der Waals surface area contributed by atoms with E-state index in [1.807, 2.05) is 25.3 Å². The lowest BCUT2D eigenvalue weighted by Crippen LogP contribution is -2.25. The topological polar surface area (TPSA) is 78.6 Å². The molecule has 0 radical (unpaired) electrons. The fraction of sp³-hybridized carbons (Fsp3) is 0.440. The Bertz CT molecular complexity index is 1220. The van der Waals surface area contributed by atoms with Crippen molar-refractivity contribution in [2.24, 2.45) is 4.99 Å². The average molecular weight is 467 g/mol. The molecule has 1 aliphatic heterocycles. The summed E-state index contributed by atoms with van der Waals surface area (Å²) in [5.74, 6) is 0.988. The first kappa shape index (κ1) is 23.3. The summed E-state index contributed by atoms with van der Waals surface area (Å²) in [6.45, 7) is 12.2. The van der Waals surface area contributed by atoms with E-state index in [2.05, 4.69) is 55.2 Å². The van der Waals surface area contributed by atoms with Crippen LogP contribution in [0.5, 0.6) is 0 Å². The smallest absolute Gasteiger partial charge is 0.308 e. The molecule has 0 fully saturated rings. The molecule has 1 atom stereocenters. The summed E-state index contributed by atoms with van der Waals surface area (Å²) >= 11 is 1.68. The molecule has 0 N–H and O–H groups in total. The molecule has 1 aromatic carbocycles. The van der Waals surface area contributed by atoms with E-state index in [9.17, 15) is 4.79 Å². The summed E-state index contributed by atoms with van der Waals surface area (Å²) in [6.07, 6.45) is 0.0741.